The summed E-state index contributed by atoms with van der Waals surface area (Å²) in [5, 5.41) is 4.45. The van der Waals surface area contributed by atoms with E-state index in [0.717, 1.165) is 18.1 Å². The van der Waals surface area contributed by atoms with Gasteiger partial charge in [-0.3, -0.25) is 4.90 Å². The maximum atomic E-state index is 6.05. The third kappa shape index (κ3) is 4.57. The van der Waals surface area contributed by atoms with E-state index in [1.54, 1.807) is 0 Å². The van der Waals surface area contributed by atoms with Crippen LogP contribution in [0.25, 0.3) is 0 Å². The van der Waals surface area contributed by atoms with E-state index in [1.807, 2.05) is 12.1 Å². The van der Waals surface area contributed by atoms with Crippen molar-refractivity contribution in [1.29, 1.82) is 0 Å². The molecule has 1 N–H and O–H groups in total. The zero-order valence-corrected chi connectivity index (χ0v) is 14.5. The molecular formula is C20H25ClN2. The lowest BCUT2D eigenvalue weighted by Crippen LogP contribution is -2.34. The van der Waals surface area contributed by atoms with Crippen LogP contribution < -0.4 is 5.32 Å². The highest BCUT2D eigenvalue weighted by Crippen LogP contribution is 2.25. The molecule has 1 aliphatic heterocycles. The molecule has 23 heavy (non-hydrogen) atoms. The molecule has 0 aliphatic carbocycles. The minimum absolute atomic E-state index is 0.430. The Bertz CT molecular complexity index is 618. The molecule has 3 rings (SSSR count). The summed E-state index contributed by atoms with van der Waals surface area (Å²) in [5.74, 6) is 0. The zero-order valence-electron chi connectivity index (χ0n) is 13.8. The molecule has 3 heteroatoms. The first-order chi connectivity index (χ1) is 11.2. The first kappa shape index (κ1) is 16.5. The minimum Gasteiger partial charge on any atom is -0.311 e. The van der Waals surface area contributed by atoms with Crippen LogP contribution in [0, 0.1) is 6.92 Å². The second-order valence-corrected chi connectivity index (χ2v) is 6.87. The van der Waals surface area contributed by atoms with Crippen molar-refractivity contribution in [2.45, 2.75) is 32.4 Å². The van der Waals surface area contributed by atoms with Crippen molar-refractivity contribution in [1.82, 2.24) is 10.2 Å². The van der Waals surface area contributed by atoms with E-state index in [4.69, 9.17) is 11.6 Å². The van der Waals surface area contributed by atoms with Crippen LogP contribution in [0.15, 0.2) is 48.5 Å². The molecule has 0 amide bonds. The van der Waals surface area contributed by atoms with E-state index < -0.39 is 0 Å². The molecule has 2 nitrogen and oxygen atoms in total. The van der Waals surface area contributed by atoms with Crippen LogP contribution in [-0.2, 0) is 6.54 Å². The lowest BCUT2D eigenvalue weighted by Gasteiger charge is -2.28. The molecule has 0 aromatic heterocycles. The van der Waals surface area contributed by atoms with Gasteiger partial charge in [0.1, 0.15) is 0 Å². The molecule has 1 unspecified atom stereocenters. The molecule has 1 aliphatic rings. The first-order valence-corrected chi connectivity index (χ1v) is 8.86. The smallest absolute Gasteiger partial charge is 0.0472 e. The van der Waals surface area contributed by atoms with E-state index in [9.17, 15) is 0 Å². The SMILES string of the molecule is Cc1cccc(CNCC(c2ccc(Cl)cc2)N2CCCC2)c1. The summed E-state index contributed by atoms with van der Waals surface area (Å²) in [7, 11) is 0. The molecule has 0 spiro atoms. The second kappa shape index (κ2) is 7.96. The Morgan fingerprint density at radius 1 is 1.09 bits per heavy atom. The van der Waals surface area contributed by atoms with Crippen LogP contribution in [0.3, 0.4) is 0 Å². The molecule has 1 fully saturated rings. The molecular weight excluding hydrogens is 304 g/mol. The van der Waals surface area contributed by atoms with Crippen LogP contribution in [-0.4, -0.2) is 24.5 Å². The number of likely N-dealkylation sites (tertiary alicyclic amines) is 1. The van der Waals surface area contributed by atoms with Gasteiger partial charge < -0.3 is 5.32 Å². The van der Waals surface area contributed by atoms with Gasteiger partial charge >= 0.3 is 0 Å². The molecule has 1 atom stereocenters. The Morgan fingerprint density at radius 3 is 2.52 bits per heavy atom. The van der Waals surface area contributed by atoms with Gasteiger partial charge in [0.15, 0.2) is 0 Å². The number of rotatable bonds is 6. The van der Waals surface area contributed by atoms with Crippen LogP contribution >= 0.6 is 11.6 Å². The predicted octanol–water partition coefficient (Wildman–Crippen LogP) is 4.58. The summed E-state index contributed by atoms with van der Waals surface area (Å²) < 4.78 is 0. The number of nitrogens with one attached hydrogen (secondary N) is 1. The van der Waals surface area contributed by atoms with E-state index in [-0.39, 0.29) is 0 Å². The van der Waals surface area contributed by atoms with Gasteiger partial charge in [-0.15, -0.1) is 0 Å². The fourth-order valence-corrected chi connectivity index (χ4v) is 3.50. The van der Waals surface area contributed by atoms with Crippen LogP contribution in [0.1, 0.15) is 35.6 Å². The van der Waals surface area contributed by atoms with E-state index in [2.05, 4.69) is 53.5 Å². The van der Waals surface area contributed by atoms with Crippen molar-refractivity contribution in [3.63, 3.8) is 0 Å². The highest BCUT2D eigenvalue weighted by atomic mass is 35.5. The number of nitrogens with zero attached hydrogens (tertiary/aromatic N) is 1. The summed E-state index contributed by atoms with van der Waals surface area (Å²) in [5.41, 5.74) is 4.02. The van der Waals surface area contributed by atoms with Crippen LogP contribution in [0.4, 0.5) is 0 Å². The Hall–Kier alpha value is -1.35. The fourth-order valence-electron chi connectivity index (χ4n) is 3.37. The molecule has 1 heterocycles. The van der Waals surface area contributed by atoms with E-state index in [0.29, 0.717) is 6.04 Å². The van der Waals surface area contributed by atoms with Gasteiger partial charge in [0.25, 0.3) is 0 Å². The average molecular weight is 329 g/mol. The molecule has 0 bridgehead atoms. The second-order valence-electron chi connectivity index (χ2n) is 6.43. The van der Waals surface area contributed by atoms with Gasteiger partial charge in [0.05, 0.1) is 0 Å². The van der Waals surface area contributed by atoms with E-state index >= 15 is 0 Å². The summed E-state index contributed by atoms with van der Waals surface area (Å²) in [6, 6.07) is 17.5. The molecule has 0 radical (unpaired) electrons. The summed E-state index contributed by atoms with van der Waals surface area (Å²) >= 11 is 6.05. The van der Waals surface area contributed by atoms with Gasteiger partial charge in [-0.05, 0) is 56.1 Å². The number of benzene rings is 2. The standard InChI is InChI=1S/C20H25ClN2/c1-16-5-4-6-17(13-16)14-22-15-20(23-11-2-3-12-23)18-7-9-19(21)10-8-18/h4-10,13,20,22H,2-3,11-12,14-15H2,1H3. The highest BCUT2D eigenvalue weighted by molar-refractivity contribution is 6.30. The molecule has 2 aromatic carbocycles. The van der Waals surface area contributed by atoms with Gasteiger partial charge in [-0.2, -0.15) is 0 Å². The topological polar surface area (TPSA) is 15.3 Å². The minimum atomic E-state index is 0.430. The maximum Gasteiger partial charge on any atom is 0.0472 e. The lowest BCUT2D eigenvalue weighted by atomic mass is 10.1. The number of halogens is 1. The number of aryl methyl sites for hydroxylation is 1. The Morgan fingerprint density at radius 2 is 1.83 bits per heavy atom. The maximum absolute atomic E-state index is 6.05. The Kier molecular flexibility index (Phi) is 5.71. The van der Waals surface area contributed by atoms with Crippen molar-refractivity contribution in [2.24, 2.45) is 0 Å². The first-order valence-electron chi connectivity index (χ1n) is 8.48. The monoisotopic (exact) mass is 328 g/mol. The average Bonchev–Trinajstić information content (AvgIpc) is 3.07. The van der Waals surface area contributed by atoms with Crippen LogP contribution in [0.2, 0.25) is 5.02 Å². The molecule has 1 saturated heterocycles. The predicted molar refractivity (Wildman–Crippen MR) is 97.9 cm³/mol. The molecule has 2 aromatic rings. The number of hydrogen-bond donors (Lipinski definition) is 1. The largest absolute Gasteiger partial charge is 0.311 e. The highest BCUT2D eigenvalue weighted by Gasteiger charge is 2.23. The van der Waals surface area contributed by atoms with Gasteiger partial charge in [0.2, 0.25) is 0 Å². The summed E-state index contributed by atoms with van der Waals surface area (Å²) in [6.45, 7) is 6.41. The zero-order chi connectivity index (χ0) is 16.1. The number of hydrogen-bond acceptors (Lipinski definition) is 2. The summed E-state index contributed by atoms with van der Waals surface area (Å²) in [6.07, 6.45) is 2.62. The lowest BCUT2D eigenvalue weighted by molar-refractivity contribution is 0.238. The van der Waals surface area contributed by atoms with Crippen molar-refractivity contribution in [2.75, 3.05) is 19.6 Å². The fraction of sp³-hybridized carbons (Fsp3) is 0.400. The third-order valence-corrected chi connectivity index (χ3v) is 4.84. The quantitative estimate of drug-likeness (QED) is 0.835. The normalized spacial score (nSPS) is 16.6. The summed E-state index contributed by atoms with van der Waals surface area (Å²) in [4.78, 5) is 2.59. The van der Waals surface area contributed by atoms with Crippen molar-refractivity contribution < 1.29 is 0 Å². The van der Waals surface area contributed by atoms with Crippen molar-refractivity contribution in [3.8, 4) is 0 Å². The van der Waals surface area contributed by atoms with Gasteiger partial charge in [0, 0.05) is 24.2 Å². The third-order valence-electron chi connectivity index (χ3n) is 4.59. The van der Waals surface area contributed by atoms with Gasteiger partial charge in [-0.1, -0.05) is 53.6 Å². The van der Waals surface area contributed by atoms with Crippen molar-refractivity contribution in [3.05, 3.63) is 70.2 Å². The van der Waals surface area contributed by atoms with Crippen molar-refractivity contribution >= 4 is 11.6 Å². The molecule has 122 valence electrons. The molecule has 0 saturated carbocycles. The van der Waals surface area contributed by atoms with Crippen LogP contribution in [0.5, 0.6) is 0 Å². The van der Waals surface area contributed by atoms with E-state index in [1.165, 1.54) is 42.6 Å². The Balaban J connectivity index is 1.65. The van der Waals surface area contributed by atoms with Gasteiger partial charge in [-0.25, -0.2) is 0 Å². The Labute approximate surface area is 144 Å².